The molecular weight excluding hydrogens is 202 g/mol. The van der Waals surface area contributed by atoms with Crippen LogP contribution in [0.5, 0.6) is 0 Å². The van der Waals surface area contributed by atoms with Crippen LogP contribution in [0.3, 0.4) is 0 Å². The Morgan fingerprint density at radius 2 is 2.25 bits per heavy atom. The lowest BCUT2D eigenvalue weighted by atomic mass is 10.2. The van der Waals surface area contributed by atoms with E-state index in [1.54, 1.807) is 12.4 Å². The molecule has 0 atom stereocenters. The zero-order valence-electron chi connectivity index (χ0n) is 10.1. The average molecular weight is 221 g/mol. The molecule has 0 saturated carbocycles. The summed E-state index contributed by atoms with van der Waals surface area (Å²) in [6.45, 7) is 6.76. The topological polar surface area (TPSA) is 54.0 Å². The summed E-state index contributed by atoms with van der Waals surface area (Å²) >= 11 is 0. The highest BCUT2D eigenvalue weighted by Gasteiger charge is 2.04. The number of nitrogens with zero attached hydrogens (tertiary/aromatic N) is 1. The molecule has 0 bridgehead atoms. The number of hydrogen-bond donors (Lipinski definition) is 2. The highest BCUT2D eigenvalue weighted by molar-refractivity contribution is 5.91. The van der Waals surface area contributed by atoms with E-state index < -0.39 is 0 Å². The van der Waals surface area contributed by atoms with Crippen molar-refractivity contribution in [3.63, 3.8) is 0 Å². The first-order valence-corrected chi connectivity index (χ1v) is 5.53. The second kappa shape index (κ2) is 6.23. The standard InChI is InChI=1S/C12H19N3O/c1-9(2)14-7-5-12(16)15-11-8-13-6-4-10(11)3/h4,6,8-9,14H,5,7H2,1-3H3,(H,15,16). The molecule has 4 nitrogen and oxygen atoms in total. The van der Waals surface area contributed by atoms with E-state index in [1.165, 1.54) is 0 Å². The number of amides is 1. The summed E-state index contributed by atoms with van der Waals surface area (Å²) < 4.78 is 0. The predicted octanol–water partition coefficient (Wildman–Crippen LogP) is 1.72. The maximum Gasteiger partial charge on any atom is 0.225 e. The van der Waals surface area contributed by atoms with E-state index in [4.69, 9.17) is 0 Å². The fourth-order valence-electron chi connectivity index (χ4n) is 1.28. The summed E-state index contributed by atoms with van der Waals surface area (Å²) in [6.07, 6.45) is 3.86. The number of aryl methyl sites for hydroxylation is 1. The Bertz CT molecular complexity index is 350. The van der Waals surface area contributed by atoms with Gasteiger partial charge in [-0.15, -0.1) is 0 Å². The number of rotatable bonds is 5. The van der Waals surface area contributed by atoms with Crippen molar-refractivity contribution >= 4 is 11.6 Å². The van der Waals surface area contributed by atoms with Gasteiger partial charge in [-0.1, -0.05) is 13.8 Å². The quantitative estimate of drug-likeness (QED) is 0.796. The molecule has 1 rings (SSSR count). The number of aromatic nitrogens is 1. The molecule has 16 heavy (non-hydrogen) atoms. The van der Waals surface area contributed by atoms with Crippen molar-refractivity contribution < 1.29 is 4.79 Å². The molecule has 0 aliphatic rings. The van der Waals surface area contributed by atoms with Gasteiger partial charge in [0.1, 0.15) is 0 Å². The molecule has 0 aromatic carbocycles. The summed E-state index contributed by atoms with van der Waals surface area (Å²) in [4.78, 5) is 15.5. The van der Waals surface area contributed by atoms with Crippen molar-refractivity contribution in [2.45, 2.75) is 33.2 Å². The Labute approximate surface area is 96.5 Å². The minimum Gasteiger partial charge on any atom is -0.324 e. The Kier molecular flexibility index (Phi) is 4.92. The molecule has 0 spiro atoms. The van der Waals surface area contributed by atoms with Crippen molar-refractivity contribution in [1.29, 1.82) is 0 Å². The van der Waals surface area contributed by atoms with Crippen LogP contribution >= 0.6 is 0 Å². The zero-order chi connectivity index (χ0) is 12.0. The van der Waals surface area contributed by atoms with Crippen molar-refractivity contribution in [2.75, 3.05) is 11.9 Å². The lowest BCUT2D eigenvalue weighted by Gasteiger charge is -2.09. The van der Waals surface area contributed by atoms with E-state index in [9.17, 15) is 4.79 Å². The molecular formula is C12H19N3O. The Morgan fingerprint density at radius 1 is 1.50 bits per heavy atom. The van der Waals surface area contributed by atoms with Crippen LogP contribution in [0.1, 0.15) is 25.8 Å². The molecule has 0 saturated heterocycles. The molecule has 0 fully saturated rings. The molecule has 0 aliphatic carbocycles. The minimum absolute atomic E-state index is 0.0178. The summed E-state index contributed by atoms with van der Waals surface area (Å²) in [5.41, 5.74) is 1.82. The van der Waals surface area contributed by atoms with Crippen LogP contribution in [0.15, 0.2) is 18.5 Å². The number of carbonyl (C=O) groups excluding carboxylic acids is 1. The number of carbonyl (C=O) groups is 1. The van der Waals surface area contributed by atoms with Crippen LogP contribution < -0.4 is 10.6 Å². The first-order chi connectivity index (χ1) is 7.59. The largest absolute Gasteiger partial charge is 0.324 e. The number of hydrogen-bond acceptors (Lipinski definition) is 3. The van der Waals surface area contributed by atoms with Crippen LogP contribution in [0.25, 0.3) is 0 Å². The van der Waals surface area contributed by atoms with Gasteiger partial charge in [-0.25, -0.2) is 0 Å². The first kappa shape index (κ1) is 12.6. The molecule has 2 N–H and O–H groups in total. The monoisotopic (exact) mass is 221 g/mol. The molecule has 1 amide bonds. The van der Waals surface area contributed by atoms with Crippen LogP contribution in [-0.4, -0.2) is 23.5 Å². The summed E-state index contributed by atoms with van der Waals surface area (Å²) in [7, 11) is 0. The third-order valence-corrected chi connectivity index (χ3v) is 2.22. The normalized spacial score (nSPS) is 10.5. The van der Waals surface area contributed by atoms with Gasteiger partial charge in [0.15, 0.2) is 0 Å². The van der Waals surface area contributed by atoms with Crippen LogP contribution in [0, 0.1) is 6.92 Å². The fraction of sp³-hybridized carbons (Fsp3) is 0.500. The number of anilines is 1. The minimum atomic E-state index is 0.0178. The van der Waals surface area contributed by atoms with Gasteiger partial charge in [0.25, 0.3) is 0 Å². The fourth-order valence-corrected chi connectivity index (χ4v) is 1.28. The van der Waals surface area contributed by atoms with Crippen LogP contribution in [0.2, 0.25) is 0 Å². The van der Waals surface area contributed by atoms with Crippen molar-refractivity contribution in [3.8, 4) is 0 Å². The maximum absolute atomic E-state index is 11.6. The molecule has 0 unspecified atom stereocenters. The van der Waals surface area contributed by atoms with Gasteiger partial charge in [-0.05, 0) is 18.6 Å². The van der Waals surface area contributed by atoms with E-state index in [0.29, 0.717) is 19.0 Å². The van der Waals surface area contributed by atoms with E-state index in [0.717, 1.165) is 11.3 Å². The lowest BCUT2D eigenvalue weighted by Crippen LogP contribution is -2.27. The van der Waals surface area contributed by atoms with Crippen molar-refractivity contribution in [3.05, 3.63) is 24.0 Å². The van der Waals surface area contributed by atoms with Gasteiger partial charge in [-0.2, -0.15) is 0 Å². The van der Waals surface area contributed by atoms with E-state index >= 15 is 0 Å². The van der Waals surface area contributed by atoms with Gasteiger partial charge >= 0.3 is 0 Å². The van der Waals surface area contributed by atoms with Crippen LogP contribution in [0.4, 0.5) is 5.69 Å². The summed E-state index contributed by atoms with van der Waals surface area (Å²) in [6, 6.07) is 2.29. The molecule has 0 aliphatic heterocycles. The molecule has 1 aromatic heterocycles. The maximum atomic E-state index is 11.6. The predicted molar refractivity (Wildman–Crippen MR) is 65.4 cm³/mol. The van der Waals surface area contributed by atoms with Crippen LogP contribution in [-0.2, 0) is 4.79 Å². The smallest absolute Gasteiger partial charge is 0.225 e. The first-order valence-electron chi connectivity index (χ1n) is 5.53. The second-order valence-corrected chi connectivity index (χ2v) is 4.10. The van der Waals surface area contributed by atoms with E-state index in [2.05, 4.69) is 29.5 Å². The Hall–Kier alpha value is -1.42. The molecule has 1 heterocycles. The van der Waals surface area contributed by atoms with E-state index in [-0.39, 0.29) is 5.91 Å². The number of pyridine rings is 1. The van der Waals surface area contributed by atoms with Gasteiger partial charge in [0.05, 0.1) is 11.9 Å². The highest BCUT2D eigenvalue weighted by atomic mass is 16.1. The molecule has 1 aromatic rings. The Morgan fingerprint density at radius 3 is 2.88 bits per heavy atom. The van der Waals surface area contributed by atoms with Crippen molar-refractivity contribution in [1.82, 2.24) is 10.3 Å². The average Bonchev–Trinajstić information content (AvgIpc) is 2.21. The van der Waals surface area contributed by atoms with E-state index in [1.807, 2.05) is 13.0 Å². The highest BCUT2D eigenvalue weighted by Crippen LogP contribution is 2.11. The van der Waals surface area contributed by atoms with Gasteiger partial charge < -0.3 is 10.6 Å². The third kappa shape index (κ3) is 4.40. The molecule has 4 heteroatoms. The lowest BCUT2D eigenvalue weighted by molar-refractivity contribution is -0.116. The summed E-state index contributed by atoms with van der Waals surface area (Å²) in [5.74, 6) is 0.0178. The SMILES string of the molecule is Cc1ccncc1NC(=O)CCNC(C)C. The third-order valence-electron chi connectivity index (χ3n) is 2.22. The zero-order valence-corrected chi connectivity index (χ0v) is 10.1. The van der Waals surface area contributed by atoms with Crippen molar-refractivity contribution in [2.24, 2.45) is 0 Å². The van der Waals surface area contributed by atoms with Gasteiger partial charge in [0.2, 0.25) is 5.91 Å². The summed E-state index contributed by atoms with van der Waals surface area (Å²) in [5, 5.41) is 6.04. The second-order valence-electron chi connectivity index (χ2n) is 4.10. The Balaban J connectivity index is 2.37. The van der Waals surface area contributed by atoms with Gasteiger partial charge in [-0.3, -0.25) is 9.78 Å². The molecule has 0 radical (unpaired) electrons. The molecule has 88 valence electrons. The number of nitrogens with one attached hydrogen (secondary N) is 2. The van der Waals surface area contributed by atoms with Gasteiger partial charge in [0, 0.05) is 25.2 Å².